The fraction of sp³-hybridized carbons (Fsp3) is 0.400. The second kappa shape index (κ2) is 4.66. The van der Waals surface area contributed by atoms with Crippen LogP contribution in [-0.2, 0) is 4.74 Å². The van der Waals surface area contributed by atoms with Crippen LogP contribution in [0.3, 0.4) is 0 Å². The van der Waals surface area contributed by atoms with Crippen molar-refractivity contribution in [1.29, 1.82) is 5.26 Å². The number of nitrogens with zero attached hydrogens (tertiary/aromatic N) is 1. The van der Waals surface area contributed by atoms with E-state index >= 15 is 0 Å². The van der Waals surface area contributed by atoms with Crippen LogP contribution in [0.1, 0.15) is 0 Å². The van der Waals surface area contributed by atoms with Crippen molar-refractivity contribution in [3.05, 3.63) is 11.8 Å². The molecule has 0 rings (SSSR count). The number of alkyl halides is 1. The minimum atomic E-state index is 0.349. The van der Waals surface area contributed by atoms with Crippen molar-refractivity contribution in [3.8, 4) is 6.07 Å². The van der Waals surface area contributed by atoms with Gasteiger partial charge in [-0.1, -0.05) is 15.9 Å². The monoisotopic (exact) mass is 175 g/mol. The summed E-state index contributed by atoms with van der Waals surface area (Å²) in [6.45, 7) is 0. The molecular formula is C5H6BrNO. The molecule has 0 aromatic rings. The Bertz CT molecular complexity index is 125. The zero-order chi connectivity index (χ0) is 6.41. The number of ether oxygens (including phenoxy) is 1. The van der Waals surface area contributed by atoms with Gasteiger partial charge in [0.1, 0.15) is 6.07 Å². The van der Waals surface area contributed by atoms with E-state index in [0.717, 1.165) is 0 Å². The van der Waals surface area contributed by atoms with Crippen LogP contribution in [0.2, 0.25) is 0 Å². The molecule has 0 bridgehead atoms. The molecule has 0 radical (unpaired) electrons. The van der Waals surface area contributed by atoms with Crippen LogP contribution in [0, 0.1) is 11.3 Å². The number of hydrogen-bond donors (Lipinski definition) is 0. The van der Waals surface area contributed by atoms with Crippen LogP contribution in [0.5, 0.6) is 0 Å². The predicted octanol–water partition coefficient (Wildman–Crippen LogP) is 1.44. The molecule has 0 fully saturated rings. The summed E-state index contributed by atoms with van der Waals surface area (Å²) in [5, 5.41) is 8.85. The Morgan fingerprint density at radius 1 is 2.00 bits per heavy atom. The van der Waals surface area contributed by atoms with E-state index in [9.17, 15) is 0 Å². The van der Waals surface area contributed by atoms with Gasteiger partial charge in [-0.3, -0.25) is 0 Å². The number of nitriles is 1. The molecule has 0 aliphatic carbocycles. The third-order valence-corrected chi connectivity index (χ3v) is 0.916. The number of methoxy groups -OCH3 is 1. The lowest BCUT2D eigenvalue weighted by Crippen LogP contribution is -1.80. The standard InChI is InChI=1S/C5H6BrNO/c1-8-5(4-7)2-3-6/h2H,3H2,1H3/b5-2-. The van der Waals surface area contributed by atoms with Gasteiger partial charge in [-0.05, 0) is 6.08 Å². The van der Waals surface area contributed by atoms with Crippen molar-refractivity contribution in [2.75, 3.05) is 12.4 Å². The van der Waals surface area contributed by atoms with Crippen molar-refractivity contribution in [3.63, 3.8) is 0 Å². The highest BCUT2D eigenvalue weighted by molar-refractivity contribution is 9.09. The van der Waals surface area contributed by atoms with E-state index in [2.05, 4.69) is 20.7 Å². The smallest absolute Gasteiger partial charge is 0.193 e. The fourth-order valence-corrected chi connectivity index (χ4v) is 0.539. The van der Waals surface area contributed by atoms with Crippen molar-refractivity contribution >= 4 is 15.9 Å². The molecular weight excluding hydrogens is 170 g/mol. The Morgan fingerprint density at radius 2 is 2.62 bits per heavy atom. The topological polar surface area (TPSA) is 33.0 Å². The van der Waals surface area contributed by atoms with E-state index in [4.69, 9.17) is 5.26 Å². The maximum atomic E-state index is 8.19. The third-order valence-electron chi connectivity index (χ3n) is 0.593. The average molecular weight is 176 g/mol. The van der Waals surface area contributed by atoms with E-state index in [1.807, 2.05) is 6.07 Å². The van der Waals surface area contributed by atoms with Crippen LogP contribution >= 0.6 is 15.9 Å². The maximum Gasteiger partial charge on any atom is 0.193 e. The lowest BCUT2D eigenvalue weighted by atomic mass is 10.5. The Morgan fingerprint density at radius 3 is 2.75 bits per heavy atom. The highest BCUT2D eigenvalue weighted by atomic mass is 79.9. The van der Waals surface area contributed by atoms with Crippen molar-refractivity contribution in [2.24, 2.45) is 0 Å². The van der Waals surface area contributed by atoms with E-state index in [1.54, 1.807) is 6.08 Å². The summed E-state index contributed by atoms with van der Waals surface area (Å²) in [6, 6.07) is 1.86. The van der Waals surface area contributed by atoms with Crippen molar-refractivity contribution in [1.82, 2.24) is 0 Å². The normalized spacial score (nSPS) is 10.4. The Labute approximate surface area is 56.9 Å². The molecule has 0 spiro atoms. The molecule has 0 heterocycles. The molecule has 0 aromatic carbocycles. The molecule has 8 heavy (non-hydrogen) atoms. The molecule has 0 aliphatic rings. The van der Waals surface area contributed by atoms with Crippen LogP contribution in [0.4, 0.5) is 0 Å². The van der Waals surface area contributed by atoms with Gasteiger partial charge in [-0.25, -0.2) is 0 Å². The van der Waals surface area contributed by atoms with Crippen LogP contribution < -0.4 is 0 Å². The molecule has 0 N–H and O–H groups in total. The minimum absolute atomic E-state index is 0.349. The number of hydrogen-bond acceptors (Lipinski definition) is 2. The molecule has 2 nitrogen and oxygen atoms in total. The third kappa shape index (κ3) is 2.64. The molecule has 0 aromatic heterocycles. The second-order valence-electron chi connectivity index (χ2n) is 1.04. The molecule has 0 amide bonds. The second-order valence-corrected chi connectivity index (χ2v) is 1.69. The highest BCUT2D eigenvalue weighted by Gasteiger charge is 1.86. The minimum Gasteiger partial charge on any atom is -0.487 e. The van der Waals surface area contributed by atoms with Gasteiger partial charge in [0.2, 0.25) is 0 Å². The molecule has 0 aliphatic heterocycles. The zero-order valence-corrected chi connectivity index (χ0v) is 6.10. The van der Waals surface area contributed by atoms with E-state index in [-0.39, 0.29) is 0 Å². The number of halogens is 1. The quantitative estimate of drug-likeness (QED) is 0.362. The van der Waals surface area contributed by atoms with Crippen LogP contribution in [0.15, 0.2) is 11.8 Å². The average Bonchev–Trinajstić information content (AvgIpc) is 1.83. The molecule has 0 atom stereocenters. The van der Waals surface area contributed by atoms with Crippen LogP contribution in [-0.4, -0.2) is 12.4 Å². The van der Waals surface area contributed by atoms with E-state index in [1.165, 1.54) is 7.11 Å². The Hall–Kier alpha value is -0.490. The van der Waals surface area contributed by atoms with Crippen LogP contribution in [0.25, 0.3) is 0 Å². The molecule has 0 saturated heterocycles. The fourth-order valence-electron chi connectivity index (χ4n) is 0.245. The maximum absolute atomic E-state index is 8.19. The van der Waals surface area contributed by atoms with Crippen molar-refractivity contribution in [2.45, 2.75) is 0 Å². The number of allylic oxidation sites excluding steroid dienone is 2. The summed E-state index contributed by atoms with van der Waals surface area (Å²) in [5.74, 6) is 0.349. The van der Waals surface area contributed by atoms with Gasteiger partial charge in [0.25, 0.3) is 0 Å². The summed E-state index contributed by atoms with van der Waals surface area (Å²) in [7, 11) is 1.47. The zero-order valence-electron chi connectivity index (χ0n) is 4.52. The first kappa shape index (κ1) is 7.51. The first-order valence-corrected chi connectivity index (χ1v) is 3.17. The van der Waals surface area contributed by atoms with Crippen molar-refractivity contribution < 1.29 is 4.74 Å². The van der Waals surface area contributed by atoms with Gasteiger partial charge >= 0.3 is 0 Å². The summed E-state index contributed by atoms with van der Waals surface area (Å²) in [6.07, 6.45) is 1.65. The first-order valence-electron chi connectivity index (χ1n) is 2.05. The molecule has 0 unspecified atom stereocenters. The first-order chi connectivity index (χ1) is 3.85. The summed E-state index contributed by atoms with van der Waals surface area (Å²) < 4.78 is 4.61. The van der Waals surface area contributed by atoms with Gasteiger partial charge in [0, 0.05) is 5.33 Å². The SMILES string of the molecule is CO/C(C#N)=C\CBr. The van der Waals surface area contributed by atoms with Gasteiger partial charge < -0.3 is 4.74 Å². The van der Waals surface area contributed by atoms with Gasteiger partial charge in [-0.2, -0.15) is 5.26 Å². The largest absolute Gasteiger partial charge is 0.487 e. The van der Waals surface area contributed by atoms with E-state index < -0.39 is 0 Å². The van der Waals surface area contributed by atoms with Gasteiger partial charge in [0.15, 0.2) is 5.76 Å². The lowest BCUT2D eigenvalue weighted by molar-refractivity contribution is 0.309. The molecule has 3 heteroatoms. The highest BCUT2D eigenvalue weighted by Crippen LogP contribution is 1.93. The van der Waals surface area contributed by atoms with Gasteiger partial charge in [-0.15, -0.1) is 0 Å². The summed E-state index contributed by atoms with van der Waals surface area (Å²) >= 11 is 3.12. The molecule has 44 valence electrons. The summed E-state index contributed by atoms with van der Waals surface area (Å²) in [4.78, 5) is 0. The van der Waals surface area contributed by atoms with E-state index in [0.29, 0.717) is 11.1 Å². The lowest BCUT2D eigenvalue weighted by Gasteiger charge is -1.90. The van der Waals surface area contributed by atoms with Gasteiger partial charge in [0.05, 0.1) is 7.11 Å². The molecule has 0 saturated carbocycles. The Balaban J connectivity index is 3.72. The Kier molecular flexibility index (Phi) is 4.38. The number of rotatable bonds is 2. The summed E-state index contributed by atoms with van der Waals surface area (Å²) in [5.41, 5.74) is 0. The predicted molar refractivity (Wildman–Crippen MR) is 34.5 cm³/mol.